The van der Waals surface area contributed by atoms with Gasteiger partial charge in [0.15, 0.2) is 0 Å². The summed E-state index contributed by atoms with van der Waals surface area (Å²) in [5, 5.41) is 0. The molecule has 0 unspecified atom stereocenters. The lowest BCUT2D eigenvalue weighted by Crippen LogP contribution is -2.41. The smallest absolute Gasteiger partial charge is 0.316 e. The zero-order chi connectivity index (χ0) is 19.2. The molecule has 1 aromatic heterocycles. The summed E-state index contributed by atoms with van der Waals surface area (Å²) in [6.45, 7) is 1.30. The summed E-state index contributed by atoms with van der Waals surface area (Å²) in [4.78, 5) is 22.8. The summed E-state index contributed by atoms with van der Waals surface area (Å²) in [6.07, 6.45) is 4.88. The molecule has 0 N–H and O–H groups in total. The van der Waals surface area contributed by atoms with Crippen LogP contribution in [0.3, 0.4) is 0 Å². The van der Waals surface area contributed by atoms with Crippen LogP contribution in [-0.4, -0.2) is 40.0 Å². The van der Waals surface area contributed by atoms with Crippen molar-refractivity contribution in [2.75, 3.05) is 13.1 Å². The van der Waals surface area contributed by atoms with Crippen LogP contribution in [0.15, 0.2) is 73.1 Å². The molecular formula is C22H21N3O3. The molecule has 6 heteroatoms. The van der Waals surface area contributed by atoms with E-state index in [4.69, 9.17) is 9.47 Å². The minimum Gasteiger partial charge on any atom is -0.460 e. The van der Waals surface area contributed by atoms with E-state index >= 15 is 0 Å². The molecule has 1 aliphatic heterocycles. The Balaban J connectivity index is 1.31. The minimum atomic E-state index is 0.0284. The number of hydrogen-bond acceptors (Lipinski definition) is 5. The van der Waals surface area contributed by atoms with Gasteiger partial charge in [-0.15, -0.1) is 0 Å². The van der Waals surface area contributed by atoms with E-state index in [2.05, 4.69) is 9.97 Å². The summed E-state index contributed by atoms with van der Waals surface area (Å²) in [5.41, 5.74) is 0.658. The lowest BCUT2D eigenvalue weighted by atomic mass is 10.1. The predicted octanol–water partition coefficient (Wildman–Crippen LogP) is 3.95. The topological polar surface area (TPSA) is 64.5 Å². The van der Waals surface area contributed by atoms with E-state index in [0.29, 0.717) is 30.4 Å². The van der Waals surface area contributed by atoms with Crippen LogP contribution in [0, 0.1) is 0 Å². The van der Waals surface area contributed by atoms with Crippen molar-refractivity contribution in [3.63, 3.8) is 0 Å². The number of carbonyl (C=O) groups excluding carboxylic acids is 1. The van der Waals surface area contributed by atoms with Crippen LogP contribution in [0.2, 0.25) is 0 Å². The SMILES string of the molecule is O=C(c1ccc(Oc2ccccc2)cc1)N1CCC(Oc2ncccn2)CC1. The zero-order valence-corrected chi connectivity index (χ0v) is 15.4. The molecule has 6 nitrogen and oxygen atoms in total. The third-order valence-corrected chi connectivity index (χ3v) is 4.62. The average Bonchev–Trinajstić information content (AvgIpc) is 2.76. The molecule has 3 aromatic rings. The summed E-state index contributed by atoms with van der Waals surface area (Å²) in [7, 11) is 0. The molecule has 2 aromatic carbocycles. The van der Waals surface area contributed by atoms with Crippen molar-refractivity contribution in [3.8, 4) is 17.5 Å². The fourth-order valence-electron chi connectivity index (χ4n) is 3.14. The summed E-state index contributed by atoms with van der Waals surface area (Å²) >= 11 is 0. The molecule has 0 spiro atoms. The molecule has 1 fully saturated rings. The predicted molar refractivity (Wildman–Crippen MR) is 105 cm³/mol. The third-order valence-electron chi connectivity index (χ3n) is 4.62. The molecule has 0 aliphatic carbocycles. The number of piperidine rings is 1. The van der Waals surface area contributed by atoms with Crippen LogP contribution in [0.25, 0.3) is 0 Å². The van der Waals surface area contributed by atoms with Crippen molar-refractivity contribution in [2.24, 2.45) is 0 Å². The van der Waals surface area contributed by atoms with Crippen molar-refractivity contribution in [1.29, 1.82) is 0 Å². The van der Waals surface area contributed by atoms with Crippen molar-refractivity contribution in [1.82, 2.24) is 14.9 Å². The highest BCUT2D eigenvalue weighted by molar-refractivity contribution is 5.94. The second kappa shape index (κ2) is 8.52. The summed E-state index contributed by atoms with van der Waals surface area (Å²) < 4.78 is 11.6. The Hall–Kier alpha value is -3.41. The highest BCUT2D eigenvalue weighted by atomic mass is 16.5. The Bertz CT molecular complexity index is 893. The van der Waals surface area contributed by atoms with Crippen LogP contribution in [0.4, 0.5) is 0 Å². The lowest BCUT2D eigenvalue weighted by molar-refractivity contribution is 0.0578. The number of hydrogen-bond donors (Lipinski definition) is 0. The van der Waals surface area contributed by atoms with Gasteiger partial charge in [-0.05, 0) is 42.5 Å². The molecule has 0 saturated carbocycles. The quantitative estimate of drug-likeness (QED) is 0.676. The van der Waals surface area contributed by atoms with Crippen molar-refractivity contribution in [2.45, 2.75) is 18.9 Å². The van der Waals surface area contributed by atoms with Gasteiger partial charge < -0.3 is 14.4 Å². The van der Waals surface area contributed by atoms with E-state index in [1.165, 1.54) is 0 Å². The molecule has 0 radical (unpaired) electrons. The van der Waals surface area contributed by atoms with Gasteiger partial charge >= 0.3 is 6.01 Å². The Labute approximate surface area is 163 Å². The van der Waals surface area contributed by atoms with Gasteiger partial charge in [-0.3, -0.25) is 4.79 Å². The zero-order valence-electron chi connectivity index (χ0n) is 15.4. The highest BCUT2D eigenvalue weighted by Gasteiger charge is 2.25. The fraction of sp³-hybridized carbons (Fsp3) is 0.227. The monoisotopic (exact) mass is 375 g/mol. The van der Waals surface area contributed by atoms with Crippen LogP contribution in [0.5, 0.6) is 17.5 Å². The number of amides is 1. The maximum absolute atomic E-state index is 12.8. The van der Waals surface area contributed by atoms with Crippen molar-refractivity contribution >= 4 is 5.91 Å². The first-order valence-corrected chi connectivity index (χ1v) is 9.34. The van der Waals surface area contributed by atoms with E-state index < -0.39 is 0 Å². The van der Waals surface area contributed by atoms with E-state index in [9.17, 15) is 4.79 Å². The molecule has 0 atom stereocenters. The number of ether oxygens (including phenoxy) is 2. The summed E-state index contributed by atoms with van der Waals surface area (Å²) in [6, 6.07) is 19.0. The van der Waals surface area contributed by atoms with Gasteiger partial charge in [0, 0.05) is 43.9 Å². The standard InChI is InChI=1S/C22H21N3O3/c26-21(17-7-9-19(10-8-17)27-18-5-2-1-3-6-18)25-15-11-20(12-16-25)28-22-23-13-4-14-24-22/h1-10,13-14,20H,11-12,15-16H2. The molecule has 1 aliphatic rings. The number of likely N-dealkylation sites (tertiary alicyclic amines) is 1. The Morgan fingerprint density at radius 1 is 0.857 bits per heavy atom. The molecule has 1 saturated heterocycles. The second-order valence-electron chi connectivity index (χ2n) is 6.58. The van der Waals surface area contributed by atoms with E-state index in [-0.39, 0.29) is 12.0 Å². The van der Waals surface area contributed by atoms with Gasteiger partial charge in [0.05, 0.1) is 0 Å². The number of para-hydroxylation sites is 1. The lowest BCUT2D eigenvalue weighted by Gasteiger charge is -2.31. The number of nitrogens with zero attached hydrogens (tertiary/aromatic N) is 3. The average molecular weight is 375 g/mol. The van der Waals surface area contributed by atoms with Gasteiger partial charge in [-0.25, -0.2) is 9.97 Å². The number of benzene rings is 2. The number of rotatable bonds is 5. The largest absolute Gasteiger partial charge is 0.460 e. The highest BCUT2D eigenvalue weighted by Crippen LogP contribution is 2.23. The minimum absolute atomic E-state index is 0.0284. The molecular weight excluding hydrogens is 354 g/mol. The van der Waals surface area contributed by atoms with Gasteiger partial charge in [0.2, 0.25) is 0 Å². The molecule has 28 heavy (non-hydrogen) atoms. The van der Waals surface area contributed by atoms with Crippen LogP contribution in [-0.2, 0) is 0 Å². The Kier molecular flexibility index (Phi) is 5.47. The first-order valence-electron chi connectivity index (χ1n) is 9.34. The molecule has 2 heterocycles. The Morgan fingerprint density at radius 3 is 2.18 bits per heavy atom. The van der Waals surface area contributed by atoms with Gasteiger partial charge in [0.1, 0.15) is 17.6 Å². The van der Waals surface area contributed by atoms with Gasteiger partial charge in [0.25, 0.3) is 5.91 Å². The normalized spacial score (nSPS) is 14.5. The van der Waals surface area contributed by atoms with Crippen LogP contribution in [0.1, 0.15) is 23.2 Å². The van der Waals surface area contributed by atoms with E-state index in [0.717, 1.165) is 18.6 Å². The summed E-state index contributed by atoms with van der Waals surface area (Å²) in [5.74, 6) is 1.50. The van der Waals surface area contributed by atoms with Crippen LogP contribution < -0.4 is 9.47 Å². The first-order chi connectivity index (χ1) is 13.8. The van der Waals surface area contributed by atoms with Crippen molar-refractivity contribution < 1.29 is 14.3 Å². The maximum atomic E-state index is 12.8. The number of aromatic nitrogens is 2. The third kappa shape index (κ3) is 4.46. The van der Waals surface area contributed by atoms with E-state index in [1.807, 2.05) is 47.4 Å². The van der Waals surface area contributed by atoms with Gasteiger partial charge in [-0.1, -0.05) is 18.2 Å². The molecule has 142 valence electrons. The molecule has 0 bridgehead atoms. The first kappa shape index (κ1) is 18.0. The maximum Gasteiger partial charge on any atom is 0.316 e. The second-order valence-corrected chi connectivity index (χ2v) is 6.58. The van der Waals surface area contributed by atoms with Gasteiger partial charge in [-0.2, -0.15) is 0 Å². The van der Waals surface area contributed by atoms with Crippen molar-refractivity contribution in [3.05, 3.63) is 78.6 Å². The van der Waals surface area contributed by atoms with Crippen LogP contribution >= 0.6 is 0 Å². The fourth-order valence-corrected chi connectivity index (χ4v) is 3.14. The Morgan fingerprint density at radius 2 is 1.50 bits per heavy atom. The van der Waals surface area contributed by atoms with E-state index in [1.54, 1.807) is 30.6 Å². The number of carbonyl (C=O) groups is 1. The molecule has 4 rings (SSSR count). The molecule has 1 amide bonds.